The van der Waals surface area contributed by atoms with Gasteiger partial charge in [-0.1, -0.05) is 31.4 Å². The first-order chi connectivity index (χ1) is 12.5. The Morgan fingerprint density at radius 2 is 1.81 bits per heavy atom. The van der Waals surface area contributed by atoms with Crippen molar-refractivity contribution in [2.75, 3.05) is 0 Å². The summed E-state index contributed by atoms with van der Waals surface area (Å²) >= 11 is 0. The molecule has 0 unspecified atom stereocenters. The predicted octanol–water partition coefficient (Wildman–Crippen LogP) is 5.15. The summed E-state index contributed by atoms with van der Waals surface area (Å²) in [5, 5.41) is 0. The van der Waals surface area contributed by atoms with Crippen molar-refractivity contribution in [2.24, 2.45) is 0 Å². The minimum atomic E-state index is -0.574. The van der Waals surface area contributed by atoms with Crippen LogP contribution in [-0.4, -0.2) is 16.8 Å². The maximum Gasteiger partial charge on any atom is 0.254 e. The average Bonchev–Trinajstić information content (AvgIpc) is 2.94. The van der Waals surface area contributed by atoms with Gasteiger partial charge in [-0.2, -0.15) is 0 Å². The van der Waals surface area contributed by atoms with E-state index in [0.717, 1.165) is 41.2 Å². The molecule has 0 bridgehead atoms. The number of aryl methyl sites for hydroxylation is 1. The molecule has 1 aliphatic heterocycles. The SMILES string of the molecule is Cc1cc2c(cc1Cc1ccc(F)cc1F)C(=O)N(C1CCCCC1)C2. The quantitative estimate of drug-likeness (QED) is 0.745. The summed E-state index contributed by atoms with van der Waals surface area (Å²) in [7, 11) is 0. The van der Waals surface area contributed by atoms with Crippen LogP contribution in [0.2, 0.25) is 0 Å². The Balaban J connectivity index is 1.61. The van der Waals surface area contributed by atoms with Gasteiger partial charge in [-0.3, -0.25) is 4.79 Å². The summed E-state index contributed by atoms with van der Waals surface area (Å²) in [5.74, 6) is -1.01. The van der Waals surface area contributed by atoms with E-state index in [4.69, 9.17) is 0 Å². The second kappa shape index (κ2) is 6.82. The lowest BCUT2D eigenvalue weighted by molar-refractivity contribution is 0.0660. The topological polar surface area (TPSA) is 20.3 Å². The zero-order valence-electron chi connectivity index (χ0n) is 15.0. The number of fused-ring (bicyclic) bond motifs is 1. The van der Waals surface area contributed by atoms with Gasteiger partial charge in [-0.15, -0.1) is 0 Å². The molecule has 2 aromatic rings. The van der Waals surface area contributed by atoms with Crippen LogP contribution in [0, 0.1) is 18.6 Å². The molecule has 0 atom stereocenters. The molecule has 0 saturated heterocycles. The molecule has 1 aliphatic carbocycles. The molecule has 2 aliphatic rings. The summed E-state index contributed by atoms with van der Waals surface area (Å²) < 4.78 is 27.1. The third-order valence-electron chi connectivity index (χ3n) is 5.81. The number of rotatable bonds is 3. The van der Waals surface area contributed by atoms with Gasteiger partial charge >= 0.3 is 0 Å². The fraction of sp³-hybridized carbons (Fsp3) is 0.409. The van der Waals surface area contributed by atoms with E-state index < -0.39 is 11.6 Å². The van der Waals surface area contributed by atoms with Crippen LogP contribution in [0.3, 0.4) is 0 Å². The lowest BCUT2D eigenvalue weighted by Gasteiger charge is -2.30. The van der Waals surface area contributed by atoms with Gasteiger partial charge in [-0.05, 0) is 54.2 Å². The number of nitrogens with zero attached hydrogens (tertiary/aromatic N) is 1. The Kier molecular flexibility index (Phi) is 4.51. The summed E-state index contributed by atoms with van der Waals surface area (Å²) in [6.45, 7) is 2.68. The molecule has 0 N–H and O–H groups in total. The average molecular weight is 355 g/mol. The number of carbonyl (C=O) groups excluding carboxylic acids is 1. The van der Waals surface area contributed by atoms with Crippen molar-refractivity contribution in [3.05, 3.63) is 69.8 Å². The van der Waals surface area contributed by atoms with Crippen molar-refractivity contribution in [1.29, 1.82) is 0 Å². The van der Waals surface area contributed by atoms with Crippen molar-refractivity contribution >= 4 is 5.91 Å². The molecule has 4 heteroatoms. The van der Waals surface area contributed by atoms with E-state index in [2.05, 4.69) is 6.07 Å². The van der Waals surface area contributed by atoms with Crippen molar-refractivity contribution in [3.8, 4) is 0 Å². The van der Waals surface area contributed by atoms with Crippen molar-refractivity contribution < 1.29 is 13.6 Å². The van der Waals surface area contributed by atoms with Gasteiger partial charge in [0.2, 0.25) is 0 Å². The molecule has 26 heavy (non-hydrogen) atoms. The summed E-state index contributed by atoms with van der Waals surface area (Å²) in [4.78, 5) is 14.9. The van der Waals surface area contributed by atoms with Crippen molar-refractivity contribution in [1.82, 2.24) is 4.90 Å². The van der Waals surface area contributed by atoms with Crippen LogP contribution in [0.25, 0.3) is 0 Å². The standard InChI is InChI=1S/C22H23F2NO/c1-14-9-17-13-25(19-5-3-2-4-6-19)22(26)20(17)11-16(14)10-15-7-8-18(23)12-21(15)24/h7-9,11-12,19H,2-6,10,13H2,1H3. The third kappa shape index (κ3) is 3.13. The van der Waals surface area contributed by atoms with E-state index in [0.29, 0.717) is 24.6 Å². The fourth-order valence-electron chi connectivity index (χ4n) is 4.30. The molecule has 4 rings (SSSR count). The molecule has 2 nitrogen and oxygen atoms in total. The van der Waals surface area contributed by atoms with Crippen LogP contribution in [0.1, 0.15) is 64.7 Å². The molecule has 1 amide bonds. The summed E-state index contributed by atoms with van der Waals surface area (Å²) in [5.41, 5.74) is 4.24. The summed E-state index contributed by atoms with van der Waals surface area (Å²) in [6, 6.07) is 7.99. The first-order valence-electron chi connectivity index (χ1n) is 9.40. The highest BCUT2D eigenvalue weighted by atomic mass is 19.1. The highest BCUT2D eigenvalue weighted by Crippen LogP contribution is 2.33. The highest BCUT2D eigenvalue weighted by molar-refractivity contribution is 5.99. The molecular formula is C22H23F2NO. The van der Waals surface area contributed by atoms with Gasteiger partial charge < -0.3 is 4.90 Å². The molecule has 0 aromatic heterocycles. The van der Waals surface area contributed by atoms with Gasteiger partial charge in [0.15, 0.2) is 0 Å². The second-order valence-electron chi connectivity index (χ2n) is 7.57. The van der Waals surface area contributed by atoms with Crippen LogP contribution >= 0.6 is 0 Å². The Bertz CT molecular complexity index is 855. The number of hydrogen-bond acceptors (Lipinski definition) is 1. The molecule has 2 aromatic carbocycles. The van der Waals surface area contributed by atoms with Gasteiger partial charge in [0.05, 0.1) is 0 Å². The zero-order valence-corrected chi connectivity index (χ0v) is 15.0. The monoisotopic (exact) mass is 355 g/mol. The molecule has 1 saturated carbocycles. The van der Waals surface area contributed by atoms with Crippen LogP contribution in [0.5, 0.6) is 0 Å². The normalized spacial score (nSPS) is 17.7. The molecule has 1 heterocycles. The van der Waals surface area contributed by atoms with E-state index in [1.165, 1.54) is 31.4 Å². The first-order valence-corrected chi connectivity index (χ1v) is 9.40. The number of halogens is 2. The minimum absolute atomic E-state index is 0.104. The Labute approximate surface area is 152 Å². The van der Waals surface area contributed by atoms with Gasteiger partial charge in [0.1, 0.15) is 11.6 Å². The van der Waals surface area contributed by atoms with E-state index in [1.807, 2.05) is 17.9 Å². The van der Waals surface area contributed by atoms with Gasteiger partial charge in [0.25, 0.3) is 5.91 Å². The fourth-order valence-corrected chi connectivity index (χ4v) is 4.30. The third-order valence-corrected chi connectivity index (χ3v) is 5.81. The van der Waals surface area contributed by atoms with Crippen LogP contribution in [0.4, 0.5) is 8.78 Å². The molecular weight excluding hydrogens is 332 g/mol. The largest absolute Gasteiger partial charge is 0.331 e. The Hall–Kier alpha value is -2.23. The lowest BCUT2D eigenvalue weighted by atomic mass is 9.94. The second-order valence-corrected chi connectivity index (χ2v) is 7.57. The molecule has 0 radical (unpaired) electrons. The first kappa shape index (κ1) is 17.2. The van der Waals surface area contributed by atoms with E-state index in [9.17, 15) is 13.6 Å². The van der Waals surface area contributed by atoms with Gasteiger partial charge in [-0.25, -0.2) is 8.78 Å². The van der Waals surface area contributed by atoms with Crippen LogP contribution < -0.4 is 0 Å². The van der Waals surface area contributed by atoms with Crippen molar-refractivity contribution in [2.45, 2.75) is 58.0 Å². The van der Waals surface area contributed by atoms with Crippen molar-refractivity contribution in [3.63, 3.8) is 0 Å². The smallest absolute Gasteiger partial charge is 0.254 e. The minimum Gasteiger partial charge on any atom is -0.331 e. The molecule has 0 spiro atoms. The Morgan fingerprint density at radius 3 is 2.54 bits per heavy atom. The maximum atomic E-state index is 14.0. The Morgan fingerprint density at radius 1 is 1.04 bits per heavy atom. The van der Waals surface area contributed by atoms with Gasteiger partial charge in [0, 0.05) is 30.6 Å². The number of hydrogen-bond donors (Lipinski definition) is 0. The predicted molar refractivity (Wildman–Crippen MR) is 97.1 cm³/mol. The highest BCUT2D eigenvalue weighted by Gasteiger charge is 2.33. The van der Waals surface area contributed by atoms with E-state index in [-0.39, 0.29) is 5.91 Å². The van der Waals surface area contributed by atoms with E-state index >= 15 is 0 Å². The molecule has 1 fully saturated rings. The van der Waals surface area contributed by atoms with Crippen LogP contribution in [-0.2, 0) is 13.0 Å². The number of benzene rings is 2. The number of amides is 1. The van der Waals surface area contributed by atoms with E-state index in [1.54, 1.807) is 0 Å². The maximum absolute atomic E-state index is 14.0. The lowest BCUT2D eigenvalue weighted by Crippen LogP contribution is -2.36. The van der Waals surface area contributed by atoms with Crippen LogP contribution in [0.15, 0.2) is 30.3 Å². The zero-order chi connectivity index (χ0) is 18.3. The number of carbonyl (C=O) groups is 1. The summed E-state index contributed by atoms with van der Waals surface area (Å²) in [6.07, 6.45) is 6.19. The molecule has 136 valence electrons.